The molecule has 2 nitrogen and oxygen atoms in total. The largest absolute Gasteiger partial charge is 0.496 e. The standard InChI is InChI=1S/C10H14O2/c1-8-3-4-10(12-2)9(7-8)5-6-11/h3-4,7,11H,5-6H2,1-2H3. The molecule has 66 valence electrons. The molecule has 0 saturated heterocycles. The van der Waals surface area contributed by atoms with Gasteiger partial charge in [-0.05, 0) is 25.0 Å². The van der Waals surface area contributed by atoms with Crippen molar-refractivity contribution >= 4 is 0 Å². The first kappa shape index (κ1) is 9.07. The quantitative estimate of drug-likeness (QED) is 0.738. The maximum atomic E-state index is 8.77. The molecule has 0 atom stereocenters. The normalized spacial score (nSPS) is 9.92. The van der Waals surface area contributed by atoms with Crippen molar-refractivity contribution in [2.24, 2.45) is 0 Å². The van der Waals surface area contributed by atoms with E-state index in [4.69, 9.17) is 9.84 Å². The Kier molecular flexibility index (Phi) is 3.11. The van der Waals surface area contributed by atoms with Gasteiger partial charge in [-0.3, -0.25) is 0 Å². The number of benzene rings is 1. The second-order valence-electron chi connectivity index (χ2n) is 2.79. The third kappa shape index (κ3) is 1.98. The van der Waals surface area contributed by atoms with E-state index in [-0.39, 0.29) is 6.61 Å². The highest BCUT2D eigenvalue weighted by molar-refractivity contribution is 5.36. The first-order chi connectivity index (χ1) is 5.77. The van der Waals surface area contributed by atoms with E-state index in [1.54, 1.807) is 7.11 Å². The molecule has 1 N–H and O–H groups in total. The summed E-state index contributed by atoms with van der Waals surface area (Å²) in [6.07, 6.45) is 0.658. The summed E-state index contributed by atoms with van der Waals surface area (Å²) in [7, 11) is 1.64. The fraction of sp³-hybridized carbons (Fsp3) is 0.400. The molecule has 12 heavy (non-hydrogen) atoms. The number of aliphatic hydroxyl groups excluding tert-OH is 1. The molecule has 1 aromatic rings. The van der Waals surface area contributed by atoms with Gasteiger partial charge in [-0.2, -0.15) is 0 Å². The number of methoxy groups -OCH3 is 1. The van der Waals surface area contributed by atoms with Crippen LogP contribution < -0.4 is 4.74 Å². The molecule has 0 amide bonds. The summed E-state index contributed by atoms with van der Waals surface area (Å²) >= 11 is 0. The van der Waals surface area contributed by atoms with Crippen LogP contribution in [-0.4, -0.2) is 18.8 Å². The summed E-state index contributed by atoms with van der Waals surface area (Å²) in [5.41, 5.74) is 2.26. The minimum Gasteiger partial charge on any atom is -0.496 e. The van der Waals surface area contributed by atoms with Gasteiger partial charge in [0, 0.05) is 6.61 Å². The minimum absolute atomic E-state index is 0.166. The summed E-state index contributed by atoms with van der Waals surface area (Å²) < 4.78 is 5.14. The SMILES string of the molecule is COc1ccc(C)cc1CCO. The average Bonchev–Trinajstić information content (AvgIpc) is 2.05. The van der Waals surface area contributed by atoms with Crippen LogP contribution in [0.15, 0.2) is 18.2 Å². The molecule has 0 heterocycles. The Hall–Kier alpha value is -1.02. The minimum atomic E-state index is 0.166. The van der Waals surface area contributed by atoms with Crippen LogP contribution in [0.2, 0.25) is 0 Å². The molecule has 2 heteroatoms. The van der Waals surface area contributed by atoms with Gasteiger partial charge in [0.05, 0.1) is 7.11 Å². The van der Waals surface area contributed by atoms with Gasteiger partial charge in [-0.15, -0.1) is 0 Å². The number of rotatable bonds is 3. The van der Waals surface area contributed by atoms with Crippen molar-refractivity contribution in [3.8, 4) is 5.75 Å². The van der Waals surface area contributed by atoms with Crippen LogP contribution in [0.1, 0.15) is 11.1 Å². The molecule has 0 fully saturated rings. The first-order valence-corrected chi connectivity index (χ1v) is 4.02. The molecule has 0 aliphatic carbocycles. The summed E-state index contributed by atoms with van der Waals surface area (Å²) in [5.74, 6) is 0.856. The van der Waals surface area contributed by atoms with E-state index >= 15 is 0 Å². The Morgan fingerprint density at radius 2 is 2.17 bits per heavy atom. The van der Waals surface area contributed by atoms with Crippen molar-refractivity contribution in [2.45, 2.75) is 13.3 Å². The van der Waals surface area contributed by atoms with Gasteiger partial charge in [0.15, 0.2) is 0 Å². The fourth-order valence-electron chi connectivity index (χ4n) is 1.22. The van der Waals surface area contributed by atoms with E-state index in [2.05, 4.69) is 0 Å². The third-order valence-corrected chi connectivity index (χ3v) is 1.82. The second-order valence-corrected chi connectivity index (χ2v) is 2.79. The molecule has 1 rings (SSSR count). The van der Waals surface area contributed by atoms with Crippen molar-refractivity contribution in [3.05, 3.63) is 29.3 Å². The van der Waals surface area contributed by atoms with Crippen molar-refractivity contribution in [1.82, 2.24) is 0 Å². The van der Waals surface area contributed by atoms with E-state index in [9.17, 15) is 0 Å². The highest BCUT2D eigenvalue weighted by atomic mass is 16.5. The molecule has 0 unspecified atom stereocenters. The fourth-order valence-corrected chi connectivity index (χ4v) is 1.22. The van der Waals surface area contributed by atoms with E-state index in [1.807, 2.05) is 25.1 Å². The summed E-state index contributed by atoms with van der Waals surface area (Å²) in [6.45, 7) is 2.19. The van der Waals surface area contributed by atoms with Crippen molar-refractivity contribution in [1.29, 1.82) is 0 Å². The van der Waals surface area contributed by atoms with Crippen LogP contribution in [0.4, 0.5) is 0 Å². The molecule has 0 aliphatic rings. The Morgan fingerprint density at radius 1 is 1.42 bits per heavy atom. The lowest BCUT2D eigenvalue weighted by atomic mass is 10.1. The van der Waals surface area contributed by atoms with Crippen LogP contribution in [0.25, 0.3) is 0 Å². The second kappa shape index (κ2) is 4.12. The van der Waals surface area contributed by atoms with Crippen molar-refractivity contribution < 1.29 is 9.84 Å². The van der Waals surface area contributed by atoms with E-state index in [0.29, 0.717) is 6.42 Å². The van der Waals surface area contributed by atoms with E-state index < -0.39 is 0 Å². The molecular formula is C10H14O2. The summed E-state index contributed by atoms with van der Waals surface area (Å²) in [6, 6.07) is 5.97. The predicted octanol–water partition coefficient (Wildman–Crippen LogP) is 1.54. The predicted molar refractivity (Wildman–Crippen MR) is 48.5 cm³/mol. The van der Waals surface area contributed by atoms with E-state index in [1.165, 1.54) is 5.56 Å². The number of ether oxygens (including phenoxy) is 1. The van der Waals surface area contributed by atoms with Gasteiger partial charge in [-0.25, -0.2) is 0 Å². The van der Waals surface area contributed by atoms with Gasteiger partial charge in [-0.1, -0.05) is 17.7 Å². The molecular weight excluding hydrogens is 152 g/mol. The monoisotopic (exact) mass is 166 g/mol. The lowest BCUT2D eigenvalue weighted by Crippen LogP contribution is -1.95. The van der Waals surface area contributed by atoms with Gasteiger partial charge in [0.1, 0.15) is 5.75 Å². The number of hydrogen-bond acceptors (Lipinski definition) is 2. The van der Waals surface area contributed by atoms with Crippen molar-refractivity contribution in [2.75, 3.05) is 13.7 Å². The zero-order valence-electron chi connectivity index (χ0n) is 7.50. The van der Waals surface area contributed by atoms with Crippen LogP contribution in [0.5, 0.6) is 5.75 Å². The molecule has 1 aromatic carbocycles. The van der Waals surface area contributed by atoms with Gasteiger partial charge in [0.25, 0.3) is 0 Å². The molecule has 0 saturated carbocycles. The highest BCUT2D eigenvalue weighted by Gasteiger charge is 2.01. The topological polar surface area (TPSA) is 29.5 Å². The number of hydrogen-bond donors (Lipinski definition) is 1. The molecule has 0 bridgehead atoms. The van der Waals surface area contributed by atoms with E-state index in [0.717, 1.165) is 11.3 Å². The maximum Gasteiger partial charge on any atom is 0.122 e. The summed E-state index contributed by atoms with van der Waals surface area (Å²) in [4.78, 5) is 0. The van der Waals surface area contributed by atoms with Crippen molar-refractivity contribution in [3.63, 3.8) is 0 Å². The Morgan fingerprint density at radius 3 is 2.75 bits per heavy atom. The lowest BCUT2D eigenvalue weighted by Gasteiger charge is -2.07. The van der Waals surface area contributed by atoms with Crippen LogP contribution in [0, 0.1) is 6.92 Å². The van der Waals surface area contributed by atoms with Crippen LogP contribution in [-0.2, 0) is 6.42 Å². The third-order valence-electron chi connectivity index (χ3n) is 1.82. The Balaban J connectivity index is 2.95. The molecule has 0 aliphatic heterocycles. The van der Waals surface area contributed by atoms with Gasteiger partial charge >= 0.3 is 0 Å². The van der Waals surface area contributed by atoms with Crippen LogP contribution in [0.3, 0.4) is 0 Å². The van der Waals surface area contributed by atoms with Gasteiger partial charge < -0.3 is 9.84 Å². The zero-order chi connectivity index (χ0) is 8.97. The smallest absolute Gasteiger partial charge is 0.122 e. The lowest BCUT2D eigenvalue weighted by molar-refractivity contribution is 0.296. The van der Waals surface area contributed by atoms with Crippen LogP contribution >= 0.6 is 0 Å². The average molecular weight is 166 g/mol. The number of aryl methyl sites for hydroxylation is 1. The number of aliphatic hydroxyl groups is 1. The molecule has 0 radical (unpaired) electrons. The highest BCUT2D eigenvalue weighted by Crippen LogP contribution is 2.19. The first-order valence-electron chi connectivity index (χ1n) is 4.02. The Labute approximate surface area is 72.8 Å². The molecule has 0 spiro atoms. The zero-order valence-corrected chi connectivity index (χ0v) is 7.50. The molecule has 0 aromatic heterocycles. The van der Waals surface area contributed by atoms with Gasteiger partial charge in [0.2, 0.25) is 0 Å². The maximum absolute atomic E-state index is 8.77. The Bertz CT molecular complexity index is 256. The summed E-state index contributed by atoms with van der Waals surface area (Å²) in [5, 5.41) is 8.77.